The number of carbonyl (C=O) groups excluding carboxylic acids is 2. The number of nitrogens with zero attached hydrogens (tertiary/aromatic N) is 1. The molecule has 7 heteroatoms. The lowest BCUT2D eigenvalue weighted by atomic mass is 9.72. The van der Waals surface area contributed by atoms with Crippen LogP contribution in [0.4, 0.5) is 0 Å². The maximum Gasteiger partial charge on any atom is 0.261 e. The second-order valence-electron chi connectivity index (χ2n) is 10.7. The molecule has 3 N–H and O–H groups in total. The SMILES string of the molecule is CCC(NC(=O)c1sccc1C)C(O)CN1CC2CCCCC2CC1C(=O)NC(C)(C)C. The Morgan fingerprint density at radius 2 is 1.94 bits per heavy atom. The van der Waals surface area contributed by atoms with Crippen LogP contribution in [0.5, 0.6) is 0 Å². The number of hydrogen-bond donors (Lipinski definition) is 3. The number of aliphatic hydroxyl groups excluding tert-OH is 1. The number of carbonyl (C=O) groups is 2. The molecule has 0 bridgehead atoms. The van der Waals surface area contributed by atoms with Crippen molar-refractivity contribution in [2.24, 2.45) is 11.8 Å². The van der Waals surface area contributed by atoms with Crippen LogP contribution in [-0.2, 0) is 4.79 Å². The van der Waals surface area contributed by atoms with E-state index in [4.69, 9.17) is 0 Å². The van der Waals surface area contributed by atoms with Gasteiger partial charge in [-0.3, -0.25) is 14.5 Å². The molecule has 0 aromatic carbocycles. The van der Waals surface area contributed by atoms with E-state index in [9.17, 15) is 14.7 Å². The largest absolute Gasteiger partial charge is 0.390 e. The molecular weight excluding hydrogens is 422 g/mol. The van der Waals surface area contributed by atoms with Crippen molar-refractivity contribution in [2.45, 2.75) is 96.9 Å². The van der Waals surface area contributed by atoms with Gasteiger partial charge in [0.25, 0.3) is 5.91 Å². The lowest BCUT2D eigenvalue weighted by Crippen LogP contribution is -2.60. The highest BCUT2D eigenvalue weighted by molar-refractivity contribution is 7.12. The molecule has 5 atom stereocenters. The van der Waals surface area contributed by atoms with Crippen LogP contribution in [0.3, 0.4) is 0 Å². The normalized spacial score (nSPS) is 26.1. The zero-order valence-corrected chi connectivity index (χ0v) is 21.1. The third-order valence-corrected chi connectivity index (χ3v) is 8.03. The predicted octanol–water partition coefficient (Wildman–Crippen LogP) is 3.72. The molecule has 180 valence electrons. The lowest BCUT2D eigenvalue weighted by molar-refractivity contribution is -0.132. The quantitative estimate of drug-likeness (QED) is 0.576. The molecule has 32 heavy (non-hydrogen) atoms. The number of aliphatic hydroxyl groups is 1. The smallest absolute Gasteiger partial charge is 0.261 e. The average molecular weight is 464 g/mol. The predicted molar refractivity (Wildman–Crippen MR) is 130 cm³/mol. The number of piperidine rings is 1. The van der Waals surface area contributed by atoms with Gasteiger partial charge in [-0.05, 0) is 75.8 Å². The number of fused-ring (bicyclic) bond motifs is 1. The monoisotopic (exact) mass is 463 g/mol. The molecule has 3 rings (SSSR count). The number of aryl methyl sites for hydroxylation is 1. The molecule has 5 unspecified atom stereocenters. The Labute approximate surface area is 197 Å². The minimum absolute atomic E-state index is 0.0556. The maximum absolute atomic E-state index is 13.2. The lowest BCUT2D eigenvalue weighted by Gasteiger charge is -2.47. The van der Waals surface area contributed by atoms with Crippen molar-refractivity contribution in [3.63, 3.8) is 0 Å². The third kappa shape index (κ3) is 6.33. The summed E-state index contributed by atoms with van der Waals surface area (Å²) in [6, 6.07) is 1.36. The summed E-state index contributed by atoms with van der Waals surface area (Å²) in [5.74, 6) is 1.12. The van der Waals surface area contributed by atoms with Crippen molar-refractivity contribution >= 4 is 23.2 Å². The molecule has 1 saturated heterocycles. The summed E-state index contributed by atoms with van der Waals surface area (Å²) in [5, 5.41) is 19.2. The van der Waals surface area contributed by atoms with Crippen LogP contribution in [0.25, 0.3) is 0 Å². The van der Waals surface area contributed by atoms with Crippen LogP contribution in [-0.4, -0.2) is 58.6 Å². The van der Waals surface area contributed by atoms with E-state index in [0.717, 1.165) is 18.5 Å². The first-order valence-electron chi connectivity index (χ1n) is 12.2. The summed E-state index contributed by atoms with van der Waals surface area (Å²) >= 11 is 1.42. The number of β-amino-alcohol motifs (C(OH)–C–C–N with tert-alkyl or cyclic N) is 1. The highest BCUT2D eigenvalue weighted by Gasteiger charge is 2.41. The van der Waals surface area contributed by atoms with Crippen molar-refractivity contribution in [1.29, 1.82) is 0 Å². The van der Waals surface area contributed by atoms with E-state index >= 15 is 0 Å². The van der Waals surface area contributed by atoms with Crippen LogP contribution < -0.4 is 10.6 Å². The summed E-state index contributed by atoms with van der Waals surface area (Å²) in [6.07, 6.45) is 5.68. The van der Waals surface area contributed by atoms with Crippen molar-refractivity contribution < 1.29 is 14.7 Å². The molecule has 2 aliphatic rings. The third-order valence-electron chi connectivity index (χ3n) is 7.01. The van der Waals surface area contributed by atoms with Gasteiger partial charge in [0.2, 0.25) is 5.91 Å². The number of nitrogens with one attached hydrogen (secondary N) is 2. The second kappa shape index (κ2) is 10.7. The van der Waals surface area contributed by atoms with Gasteiger partial charge >= 0.3 is 0 Å². The van der Waals surface area contributed by atoms with E-state index in [-0.39, 0.29) is 29.4 Å². The van der Waals surface area contributed by atoms with Crippen molar-refractivity contribution in [1.82, 2.24) is 15.5 Å². The molecule has 6 nitrogen and oxygen atoms in total. The first-order valence-corrected chi connectivity index (χ1v) is 13.1. The fraction of sp³-hybridized carbons (Fsp3) is 0.760. The molecule has 1 aromatic rings. The van der Waals surface area contributed by atoms with E-state index in [1.807, 2.05) is 46.1 Å². The number of hydrogen-bond acceptors (Lipinski definition) is 5. The van der Waals surface area contributed by atoms with Crippen molar-refractivity contribution in [2.75, 3.05) is 13.1 Å². The molecular formula is C25H41N3O3S. The number of likely N-dealkylation sites (tertiary alicyclic amines) is 1. The average Bonchev–Trinajstić information content (AvgIpc) is 3.16. The molecule has 0 radical (unpaired) electrons. The first-order chi connectivity index (χ1) is 15.1. The minimum Gasteiger partial charge on any atom is -0.390 e. The summed E-state index contributed by atoms with van der Waals surface area (Å²) in [4.78, 5) is 28.8. The molecule has 1 saturated carbocycles. The Bertz CT molecular complexity index is 788. The second-order valence-corrected chi connectivity index (χ2v) is 11.7. The zero-order chi connectivity index (χ0) is 23.5. The zero-order valence-electron chi connectivity index (χ0n) is 20.3. The van der Waals surface area contributed by atoms with Crippen LogP contribution >= 0.6 is 11.3 Å². The van der Waals surface area contributed by atoms with Crippen LogP contribution in [0.1, 0.15) is 81.5 Å². The van der Waals surface area contributed by atoms with Gasteiger partial charge in [-0.1, -0.05) is 26.2 Å². The fourth-order valence-corrected chi connectivity index (χ4v) is 6.13. The highest BCUT2D eigenvalue weighted by Crippen LogP contribution is 2.38. The highest BCUT2D eigenvalue weighted by atomic mass is 32.1. The van der Waals surface area contributed by atoms with E-state index in [0.29, 0.717) is 29.7 Å². The summed E-state index contributed by atoms with van der Waals surface area (Å²) in [5.41, 5.74) is 0.665. The molecule has 2 heterocycles. The Balaban J connectivity index is 1.70. The van der Waals surface area contributed by atoms with Gasteiger partial charge in [0.05, 0.1) is 23.1 Å². The Morgan fingerprint density at radius 1 is 1.25 bits per heavy atom. The van der Waals surface area contributed by atoms with Gasteiger partial charge in [0, 0.05) is 18.6 Å². The van der Waals surface area contributed by atoms with E-state index in [1.165, 1.54) is 37.0 Å². The Morgan fingerprint density at radius 3 is 2.53 bits per heavy atom. The van der Waals surface area contributed by atoms with Crippen LogP contribution in [0.2, 0.25) is 0 Å². The molecule has 1 aliphatic carbocycles. The first kappa shape index (κ1) is 25.2. The van der Waals surface area contributed by atoms with E-state index in [2.05, 4.69) is 15.5 Å². The van der Waals surface area contributed by atoms with Crippen LogP contribution in [0.15, 0.2) is 11.4 Å². The van der Waals surface area contributed by atoms with Gasteiger partial charge < -0.3 is 15.7 Å². The molecule has 2 fully saturated rings. The molecule has 2 amide bonds. The van der Waals surface area contributed by atoms with E-state index < -0.39 is 6.10 Å². The van der Waals surface area contributed by atoms with Gasteiger partial charge in [0.15, 0.2) is 0 Å². The summed E-state index contributed by atoms with van der Waals surface area (Å²) in [6.45, 7) is 11.2. The van der Waals surface area contributed by atoms with Gasteiger partial charge in [0.1, 0.15) is 0 Å². The maximum atomic E-state index is 13.2. The van der Waals surface area contributed by atoms with Crippen molar-refractivity contribution in [3.05, 3.63) is 21.9 Å². The topological polar surface area (TPSA) is 81.7 Å². The number of thiophene rings is 1. The summed E-state index contributed by atoms with van der Waals surface area (Å²) < 4.78 is 0. The number of amides is 2. The fourth-order valence-electron chi connectivity index (χ4n) is 5.30. The minimum atomic E-state index is -0.728. The standard InChI is InChI=1S/C25H41N3O3S/c1-6-19(26-24(31)22-16(2)11-12-32-22)21(29)15-28-14-18-10-8-7-9-17(18)13-20(28)23(30)27-25(3,4)5/h11-12,17-21,29H,6-10,13-15H2,1-5H3,(H,26,31)(H,27,30). The molecule has 0 spiro atoms. The molecule has 1 aliphatic heterocycles. The van der Waals surface area contributed by atoms with Crippen molar-refractivity contribution in [3.8, 4) is 0 Å². The Hall–Kier alpha value is -1.44. The summed E-state index contributed by atoms with van der Waals surface area (Å²) in [7, 11) is 0. The van der Waals surface area contributed by atoms with Crippen LogP contribution in [0, 0.1) is 18.8 Å². The Kier molecular flexibility index (Phi) is 8.39. The van der Waals surface area contributed by atoms with Gasteiger partial charge in [-0.2, -0.15) is 0 Å². The van der Waals surface area contributed by atoms with E-state index in [1.54, 1.807) is 0 Å². The van der Waals surface area contributed by atoms with Gasteiger partial charge in [-0.25, -0.2) is 0 Å². The molecule has 1 aromatic heterocycles. The van der Waals surface area contributed by atoms with Gasteiger partial charge in [-0.15, -0.1) is 11.3 Å². The number of rotatable bonds is 7.